The first-order chi connectivity index (χ1) is 14.0. The van der Waals surface area contributed by atoms with Crippen LogP contribution in [0, 0.1) is 0 Å². The Labute approximate surface area is 202 Å². The molecule has 0 aromatic rings. The minimum atomic E-state index is -0.827. The summed E-state index contributed by atoms with van der Waals surface area (Å²) < 4.78 is 8.84. The largest absolute Gasteiger partial charge is 0.478 e. The van der Waals surface area contributed by atoms with Crippen LogP contribution in [0.3, 0.4) is 0 Å². The summed E-state index contributed by atoms with van der Waals surface area (Å²) in [5.74, 6) is -1.49. The zero-order valence-electron chi connectivity index (χ0n) is 22.2. The summed E-state index contributed by atoms with van der Waals surface area (Å²) in [7, 11) is 13.3. The molecule has 0 saturated heterocycles. The van der Waals surface area contributed by atoms with Crippen LogP contribution in [-0.2, 0) is 23.9 Å². The van der Waals surface area contributed by atoms with Crippen molar-refractivity contribution in [2.24, 2.45) is 0 Å². The number of carboxylic acids is 1. The molecule has 0 unspecified atom stereocenters. The maximum absolute atomic E-state index is 10.4. The summed E-state index contributed by atoms with van der Waals surface area (Å²) in [6, 6.07) is 0. The molecule has 1 N–H and O–H groups in total. The lowest BCUT2D eigenvalue weighted by molar-refractivity contribution is -0.138. The molecule has 192 valence electrons. The molecule has 0 aliphatic rings. The number of aliphatic carboxylic acids is 1. The summed E-state index contributed by atoms with van der Waals surface area (Å²) in [6.07, 6.45) is 2.47. The highest BCUT2D eigenvalue weighted by Crippen LogP contribution is 1.92. The van der Waals surface area contributed by atoms with Crippen LogP contribution in [0.5, 0.6) is 0 Å². The molecule has 9 heteroatoms. The van der Waals surface area contributed by atoms with Gasteiger partial charge in [0.1, 0.15) is 0 Å². The highest BCUT2D eigenvalue weighted by atomic mass is 35.5. The number of methoxy groups -OCH3 is 1. The number of esters is 2. The van der Waals surface area contributed by atoms with Crippen LogP contribution in [0.1, 0.15) is 41.0 Å². The highest BCUT2D eigenvalue weighted by molar-refractivity contribution is 5.87. The van der Waals surface area contributed by atoms with E-state index in [0.717, 1.165) is 6.42 Å². The van der Waals surface area contributed by atoms with E-state index in [0.29, 0.717) is 23.3 Å². The van der Waals surface area contributed by atoms with Crippen LogP contribution in [0.25, 0.3) is 0 Å². The molecule has 0 atom stereocenters. The monoisotopic (exact) mass is 482 g/mol. The van der Waals surface area contributed by atoms with Crippen LogP contribution in [-0.4, -0.2) is 88.8 Å². The Kier molecular flexibility index (Phi) is 42.3. The predicted octanol–water partition coefficient (Wildman–Crippen LogP) is 4.07. The lowest BCUT2D eigenvalue weighted by atomic mass is 10.2. The van der Waals surface area contributed by atoms with E-state index in [1.54, 1.807) is 33.8 Å². The molecule has 0 heterocycles. The number of halogens is 1. The first-order valence-electron chi connectivity index (χ1n) is 9.69. The molecule has 0 aromatic heterocycles. The summed E-state index contributed by atoms with van der Waals surface area (Å²) >= 11 is 0. The third-order valence-corrected chi connectivity index (χ3v) is 2.01. The Hall–Kier alpha value is -2.16. The number of carbonyl (C=O) groups excluding carboxylic acids is 2. The normalized spacial score (nSPS) is 8.88. The molecule has 0 fully saturated rings. The molecule has 0 radical (unpaired) electrons. The topological polar surface area (TPSA) is 96.4 Å². The number of allylic oxidation sites excluding steroid dienone is 1. The van der Waals surface area contributed by atoms with Gasteiger partial charge in [0.15, 0.2) is 0 Å². The van der Waals surface area contributed by atoms with E-state index >= 15 is 0 Å². The molecule has 0 amide bonds. The van der Waals surface area contributed by atoms with Crippen molar-refractivity contribution in [2.45, 2.75) is 41.0 Å². The molecule has 0 aliphatic carbocycles. The highest BCUT2D eigenvalue weighted by Gasteiger charge is 1.98. The van der Waals surface area contributed by atoms with E-state index in [1.165, 1.54) is 7.11 Å². The number of ether oxygens (including phenoxy) is 2. The van der Waals surface area contributed by atoms with Gasteiger partial charge in [0.2, 0.25) is 0 Å². The molecule has 0 saturated carbocycles. The van der Waals surface area contributed by atoms with Gasteiger partial charge in [-0.2, -0.15) is 0 Å². The molecule has 0 bridgehead atoms. The van der Waals surface area contributed by atoms with Crippen molar-refractivity contribution in [3.05, 3.63) is 36.0 Å². The number of carbonyl (C=O) groups is 3. The molecule has 0 aliphatic heterocycles. The quantitative estimate of drug-likeness (QED) is 0.462. The van der Waals surface area contributed by atoms with E-state index in [1.807, 2.05) is 59.0 Å². The third kappa shape index (κ3) is 63.0. The van der Waals surface area contributed by atoms with E-state index in [-0.39, 0.29) is 24.3 Å². The average molecular weight is 483 g/mol. The Morgan fingerprint density at radius 3 is 1.22 bits per heavy atom. The molecule has 0 rings (SSSR count). The van der Waals surface area contributed by atoms with E-state index in [4.69, 9.17) is 5.11 Å². The maximum atomic E-state index is 10.4. The van der Waals surface area contributed by atoms with Crippen LogP contribution >= 0.6 is 12.4 Å². The summed E-state index contributed by atoms with van der Waals surface area (Å²) in [4.78, 5) is 34.6. The first kappa shape index (κ1) is 43.7. The maximum Gasteiger partial charge on any atom is 0.333 e. The van der Waals surface area contributed by atoms with Gasteiger partial charge >= 0.3 is 17.9 Å². The van der Waals surface area contributed by atoms with Gasteiger partial charge in [-0.3, -0.25) is 0 Å². The fourth-order valence-electron chi connectivity index (χ4n) is 0.822. The molecule has 32 heavy (non-hydrogen) atoms. The Balaban J connectivity index is -0.0000000674. The smallest absolute Gasteiger partial charge is 0.333 e. The van der Waals surface area contributed by atoms with Crippen molar-refractivity contribution in [2.75, 3.05) is 56.0 Å². The Bertz CT molecular complexity index is 533. The van der Waals surface area contributed by atoms with Crippen molar-refractivity contribution in [3.63, 3.8) is 0 Å². The second kappa shape index (κ2) is 31.0. The van der Waals surface area contributed by atoms with Crippen molar-refractivity contribution in [1.29, 1.82) is 0 Å². The predicted molar refractivity (Wildman–Crippen MR) is 136 cm³/mol. The minimum Gasteiger partial charge on any atom is -0.478 e. The van der Waals surface area contributed by atoms with Crippen LogP contribution in [0.4, 0.5) is 0 Å². The number of hydrogen-bond donors (Lipinski definition) is 1. The van der Waals surface area contributed by atoms with E-state index in [9.17, 15) is 14.4 Å². The molecule has 8 nitrogen and oxygen atoms in total. The summed E-state index contributed by atoms with van der Waals surface area (Å²) in [5, 5.41) is 8.24. The average Bonchev–Trinajstić information content (AvgIpc) is 2.61. The second-order valence-corrected chi connectivity index (χ2v) is 7.06. The van der Waals surface area contributed by atoms with E-state index < -0.39 is 5.97 Å². The fourth-order valence-corrected chi connectivity index (χ4v) is 0.822. The zero-order valence-corrected chi connectivity index (χ0v) is 23.0. The van der Waals surface area contributed by atoms with Gasteiger partial charge in [-0.05, 0) is 76.4 Å². The lowest BCUT2D eigenvalue weighted by Gasteiger charge is -1.96. The number of rotatable bonds is 5. The van der Waals surface area contributed by atoms with Crippen molar-refractivity contribution in [3.8, 4) is 0 Å². The van der Waals surface area contributed by atoms with E-state index in [2.05, 4.69) is 22.6 Å². The van der Waals surface area contributed by atoms with Gasteiger partial charge in [0, 0.05) is 16.7 Å². The van der Waals surface area contributed by atoms with Crippen LogP contribution < -0.4 is 0 Å². The Morgan fingerprint density at radius 1 is 0.844 bits per heavy atom. The van der Waals surface area contributed by atoms with Gasteiger partial charge in [-0.15, -0.1) is 12.4 Å². The SMILES string of the molecule is C=C(C)C(=O)OC.C=C(C)C(=O)OCC.CCC=C(C)C(=O)O.CN(C)C.CN(C)C.Cl. The molecular formula is C23H47ClN2O6. The van der Waals surface area contributed by atoms with Gasteiger partial charge in [-0.25, -0.2) is 14.4 Å². The molecular weight excluding hydrogens is 436 g/mol. The number of nitrogens with zero attached hydrogens (tertiary/aromatic N) is 2. The number of carboxylic acid groups (broad SMARTS) is 1. The van der Waals surface area contributed by atoms with Gasteiger partial charge in [0.05, 0.1) is 13.7 Å². The molecule has 0 spiro atoms. The summed E-state index contributed by atoms with van der Waals surface area (Å²) in [6.45, 7) is 15.7. The first-order valence-corrected chi connectivity index (χ1v) is 9.69. The van der Waals surface area contributed by atoms with Crippen LogP contribution in [0.15, 0.2) is 36.0 Å². The van der Waals surface area contributed by atoms with Gasteiger partial charge in [0.25, 0.3) is 0 Å². The standard InChI is InChI=1S/2C6H10O2.C5H8O2.2C3H9N.ClH/c1-4-8-6(7)5(2)3;1-3-4-5(2)6(7)8;1-4(2)5(6)7-3;2*1-4(2)3;/h2,4H2,1,3H3;4H,3H2,1-2H3,(H,7,8);1H2,2-3H3;2*1-3H3;1H. The zero-order chi connectivity index (χ0) is 26.2. The minimum absolute atomic E-state index is 0. The van der Waals surface area contributed by atoms with Gasteiger partial charge in [-0.1, -0.05) is 26.2 Å². The lowest BCUT2D eigenvalue weighted by Crippen LogP contribution is -2.03. The molecule has 0 aromatic carbocycles. The third-order valence-electron chi connectivity index (χ3n) is 2.01. The Morgan fingerprint density at radius 2 is 1.16 bits per heavy atom. The fraction of sp³-hybridized carbons (Fsp3) is 0.609. The van der Waals surface area contributed by atoms with Crippen molar-refractivity contribution < 1.29 is 29.0 Å². The summed E-state index contributed by atoms with van der Waals surface area (Å²) in [5.41, 5.74) is 1.31. The van der Waals surface area contributed by atoms with Crippen molar-refractivity contribution in [1.82, 2.24) is 9.80 Å². The van der Waals surface area contributed by atoms with Crippen molar-refractivity contribution >= 4 is 30.3 Å². The number of hydrogen-bond acceptors (Lipinski definition) is 7. The van der Waals surface area contributed by atoms with Crippen LogP contribution in [0.2, 0.25) is 0 Å². The van der Waals surface area contributed by atoms with Gasteiger partial charge < -0.3 is 24.4 Å². The second-order valence-electron chi connectivity index (χ2n) is 7.06.